The molecule has 0 saturated carbocycles. The van der Waals surface area contributed by atoms with Crippen LogP contribution in [0.15, 0.2) is 11.2 Å². The minimum Gasteiger partial charge on any atom is -0.357 e. The summed E-state index contributed by atoms with van der Waals surface area (Å²) in [5, 5.41) is 7.33. The van der Waals surface area contributed by atoms with Crippen LogP contribution in [0.1, 0.15) is 30.2 Å². The minimum atomic E-state index is -3.11. The van der Waals surface area contributed by atoms with Crippen LogP contribution in [-0.4, -0.2) is 45.3 Å². The molecule has 0 spiro atoms. The van der Waals surface area contributed by atoms with E-state index in [-0.39, 0.29) is 24.0 Å². The molecule has 7 nitrogen and oxygen atoms in total. The van der Waals surface area contributed by atoms with Crippen molar-refractivity contribution in [2.24, 2.45) is 4.99 Å². The average Bonchev–Trinajstić information content (AvgIpc) is 2.91. The van der Waals surface area contributed by atoms with E-state index in [2.05, 4.69) is 32.3 Å². The maximum Gasteiger partial charge on any atom is 0.208 e. The van der Waals surface area contributed by atoms with Gasteiger partial charge in [0.2, 0.25) is 10.0 Å². The van der Waals surface area contributed by atoms with Gasteiger partial charge >= 0.3 is 0 Å². The smallest absolute Gasteiger partial charge is 0.208 e. The van der Waals surface area contributed by atoms with Crippen molar-refractivity contribution >= 4 is 51.3 Å². The van der Waals surface area contributed by atoms with Crippen LogP contribution in [0.3, 0.4) is 0 Å². The molecule has 0 aromatic carbocycles. The van der Waals surface area contributed by atoms with Crippen molar-refractivity contribution in [3.8, 4) is 0 Å². The number of aromatic nitrogens is 1. The van der Waals surface area contributed by atoms with Gasteiger partial charge < -0.3 is 10.6 Å². The van der Waals surface area contributed by atoms with Gasteiger partial charge in [-0.1, -0.05) is 6.92 Å². The lowest BCUT2D eigenvalue weighted by molar-refractivity contribution is 0.584. The second-order valence-corrected chi connectivity index (χ2v) is 7.75. The second kappa shape index (κ2) is 12.0. The number of halogens is 1. The zero-order valence-electron chi connectivity index (χ0n) is 13.8. The fourth-order valence-corrected chi connectivity index (χ4v) is 2.93. The maximum absolute atomic E-state index is 10.9. The molecule has 10 heteroatoms. The molecular weight excluding hydrogens is 449 g/mol. The van der Waals surface area contributed by atoms with Crippen LogP contribution >= 0.6 is 35.3 Å². The molecule has 0 bridgehead atoms. The number of hydrogen-bond donors (Lipinski definition) is 3. The number of nitrogens with one attached hydrogen (secondary N) is 3. The zero-order chi connectivity index (χ0) is 16.4. The second-order valence-electron chi connectivity index (χ2n) is 4.72. The molecule has 0 atom stereocenters. The quantitative estimate of drug-likeness (QED) is 0.217. The van der Waals surface area contributed by atoms with Crippen LogP contribution in [0.4, 0.5) is 0 Å². The van der Waals surface area contributed by atoms with Crippen LogP contribution in [-0.2, 0) is 23.0 Å². The van der Waals surface area contributed by atoms with Gasteiger partial charge in [0.15, 0.2) is 5.96 Å². The molecular formula is C13H26IN5O2S2. The van der Waals surface area contributed by atoms with Gasteiger partial charge in [0, 0.05) is 30.7 Å². The molecule has 3 N–H and O–H groups in total. The van der Waals surface area contributed by atoms with Crippen molar-refractivity contribution in [2.45, 2.75) is 33.2 Å². The number of hydrogen-bond acceptors (Lipinski definition) is 5. The van der Waals surface area contributed by atoms with Crippen molar-refractivity contribution in [3.05, 3.63) is 16.1 Å². The van der Waals surface area contributed by atoms with Gasteiger partial charge in [-0.15, -0.1) is 35.3 Å². The lowest BCUT2D eigenvalue weighted by Gasteiger charge is -2.10. The molecule has 0 aliphatic heterocycles. The first-order chi connectivity index (χ1) is 10.4. The molecule has 1 rings (SSSR count). The SMILES string of the molecule is CCNC(=NCc1ncc(CC)s1)NCCCNS(C)(=O)=O.I. The summed E-state index contributed by atoms with van der Waals surface area (Å²) in [4.78, 5) is 10.1. The largest absolute Gasteiger partial charge is 0.357 e. The summed E-state index contributed by atoms with van der Waals surface area (Å²) in [6.45, 7) is 6.48. The molecule has 0 radical (unpaired) electrons. The van der Waals surface area contributed by atoms with E-state index >= 15 is 0 Å². The lowest BCUT2D eigenvalue weighted by Crippen LogP contribution is -2.38. The normalized spacial score (nSPS) is 11.9. The molecule has 1 aromatic rings. The highest BCUT2D eigenvalue weighted by Gasteiger charge is 2.02. The highest BCUT2D eigenvalue weighted by atomic mass is 127. The Bertz CT molecular complexity index is 575. The van der Waals surface area contributed by atoms with Crippen LogP contribution < -0.4 is 15.4 Å². The Morgan fingerprint density at radius 1 is 1.30 bits per heavy atom. The molecule has 1 aromatic heterocycles. The van der Waals surface area contributed by atoms with Gasteiger partial charge in [0.25, 0.3) is 0 Å². The Balaban J connectivity index is 0.00000484. The molecule has 0 saturated heterocycles. The molecule has 0 fully saturated rings. The van der Waals surface area contributed by atoms with Crippen molar-refractivity contribution in [3.63, 3.8) is 0 Å². The van der Waals surface area contributed by atoms with Crippen molar-refractivity contribution < 1.29 is 8.42 Å². The van der Waals surface area contributed by atoms with Crippen LogP contribution in [0.2, 0.25) is 0 Å². The minimum absolute atomic E-state index is 0. The van der Waals surface area contributed by atoms with E-state index in [1.165, 1.54) is 4.88 Å². The van der Waals surface area contributed by atoms with E-state index in [4.69, 9.17) is 0 Å². The van der Waals surface area contributed by atoms with Crippen molar-refractivity contribution in [2.75, 3.05) is 25.9 Å². The summed E-state index contributed by atoms with van der Waals surface area (Å²) in [5.74, 6) is 0.718. The number of thiazole rings is 1. The number of rotatable bonds is 9. The van der Waals surface area contributed by atoms with Crippen molar-refractivity contribution in [1.29, 1.82) is 0 Å². The predicted octanol–water partition coefficient (Wildman–Crippen LogP) is 1.32. The Morgan fingerprint density at radius 2 is 2.04 bits per heavy atom. The average molecular weight is 475 g/mol. The highest BCUT2D eigenvalue weighted by Crippen LogP contribution is 2.13. The van der Waals surface area contributed by atoms with Gasteiger partial charge in [0.05, 0.1) is 12.8 Å². The summed E-state index contributed by atoms with van der Waals surface area (Å²) in [6.07, 6.45) is 4.74. The molecule has 0 aliphatic carbocycles. The maximum atomic E-state index is 10.9. The summed E-state index contributed by atoms with van der Waals surface area (Å²) in [7, 11) is -3.11. The third-order valence-corrected chi connectivity index (χ3v) is 4.53. The molecule has 0 unspecified atom stereocenters. The van der Waals surface area contributed by atoms with Crippen molar-refractivity contribution in [1.82, 2.24) is 20.3 Å². The fraction of sp³-hybridized carbons (Fsp3) is 0.692. The van der Waals surface area contributed by atoms with Gasteiger partial charge in [-0.05, 0) is 19.8 Å². The number of guanidine groups is 1. The Hall–Kier alpha value is -0.460. The van der Waals surface area contributed by atoms with E-state index in [0.29, 0.717) is 26.1 Å². The van der Waals surface area contributed by atoms with Gasteiger partial charge in [-0.2, -0.15) is 0 Å². The summed E-state index contributed by atoms with van der Waals surface area (Å²) < 4.78 is 24.3. The topological polar surface area (TPSA) is 95.5 Å². The molecule has 134 valence electrons. The standard InChI is InChI=1S/C13H25N5O2S2.HI/c1-4-11-9-16-12(21-11)10-17-13(14-5-2)15-7-6-8-18-22(3,19)20;/h9,18H,4-8,10H2,1-3H3,(H2,14,15,17);1H. The van der Waals surface area contributed by atoms with Crippen LogP contribution in [0, 0.1) is 0 Å². The first-order valence-electron chi connectivity index (χ1n) is 7.35. The monoisotopic (exact) mass is 475 g/mol. The Labute approximate surface area is 159 Å². The number of aryl methyl sites for hydroxylation is 1. The molecule has 23 heavy (non-hydrogen) atoms. The molecule has 0 amide bonds. The van der Waals surface area contributed by atoms with E-state index in [1.807, 2.05) is 13.1 Å². The number of nitrogens with zero attached hydrogens (tertiary/aromatic N) is 2. The highest BCUT2D eigenvalue weighted by molar-refractivity contribution is 14.0. The summed E-state index contributed by atoms with van der Waals surface area (Å²) in [6, 6.07) is 0. The molecule has 0 aliphatic rings. The van der Waals surface area contributed by atoms with E-state index in [9.17, 15) is 8.42 Å². The Kier molecular flexibility index (Phi) is 11.7. The van der Waals surface area contributed by atoms with Gasteiger partial charge in [-0.25, -0.2) is 23.1 Å². The van der Waals surface area contributed by atoms with Crippen LogP contribution in [0.5, 0.6) is 0 Å². The lowest BCUT2D eigenvalue weighted by atomic mass is 10.4. The first-order valence-corrected chi connectivity index (χ1v) is 10.1. The van der Waals surface area contributed by atoms with Gasteiger partial charge in [-0.3, -0.25) is 0 Å². The van der Waals surface area contributed by atoms with E-state index in [0.717, 1.165) is 30.2 Å². The van der Waals surface area contributed by atoms with Crippen LogP contribution in [0.25, 0.3) is 0 Å². The molecule has 1 heterocycles. The Morgan fingerprint density at radius 3 is 2.61 bits per heavy atom. The predicted molar refractivity (Wildman–Crippen MR) is 107 cm³/mol. The summed E-state index contributed by atoms with van der Waals surface area (Å²) >= 11 is 1.68. The van der Waals surface area contributed by atoms with Gasteiger partial charge in [0.1, 0.15) is 5.01 Å². The third kappa shape index (κ3) is 10.8. The summed E-state index contributed by atoms with van der Waals surface area (Å²) in [5.41, 5.74) is 0. The third-order valence-electron chi connectivity index (χ3n) is 2.68. The first kappa shape index (κ1) is 22.5. The number of sulfonamides is 1. The van der Waals surface area contributed by atoms with E-state index < -0.39 is 10.0 Å². The zero-order valence-corrected chi connectivity index (χ0v) is 17.7. The number of aliphatic imine (C=N–C) groups is 1. The van der Waals surface area contributed by atoms with E-state index in [1.54, 1.807) is 11.3 Å². The fourth-order valence-electron chi connectivity index (χ4n) is 1.63.